The number of anilines is 1. The van der Waals surface area contributed by atoms with E-state index in [0.717, 1.165) is 36.6 Å². The molecule has 2 rings (SSSR count). The van der Waals surface area contributed by atoms with Gasteiger partial charge in [-0.1, -0.05) is 44.7 Å². The van der Waals surface area contributed by atoms with Gasteiger partial charge >= 0.3 is 0 Å². The van der Waals surface area contributed by atoms with E-state index in [4.69, 9.17) is 0 Å². The van der Waals surface area contributed by atoms with E-state index < -0.39 is 0 Å². The second-order valence-electron chi connectivity index (χ2n) is 5.81. The molecule has 2 nitrogen and oxygen atoms in total. The van der Waals surface area contributed by atoms with Crippen molar-refractivity contribution in [2.24, 2.45) is 5.92 Å². The Bertz CT molecular complexity index is 371. The van der Waals surface area contributed by atoms with Gasteiger partial charge < -0.3 is 10.4 Å². The third-order valence-corrected chi connectivity index (χ3v) is 4.15. The van der Waals surface area contributed by atoms with Crippen molar-refractivity contribution < 1.29 is 5.11 Å². The van der Waals surface area contributed by atoms with Crippen LogP contribution in [0.1, 0.15) is 63.5 Å². The maximum absolute atomic E-state index is 10.0. The van der Waals surface area contributed by atoms with Gasteiger partial charge in [-0.25, -0.2) is 0 Å². The molecule has 1 saturated carbocycles. The van der Waals surface area contributed by atoms with Crippen LogP contribution in [-0.2, 0) is 0 Å². The first kappa shape index (κ1) is 14.4. The standard InChI is InChI=1S/C17H27NO/c1-2-7-17(19)15-10-6-11-16(12-15)18-13-14-8-4-3-5-9-14/h6,10-12,14,17-19H,2-5,7-9,13H2,1H3. The molecule has 106 valence electrons. The van der Waals surface area contributed by atoms with E-state index in [2.05, 4.69) is 24.4 Å². The molecule has 1 aromatic rings. The van der Waals surface area contributed by atoms with Crippen molar-refractivity contribution in [2.45, 2.75) is 58.0 Å². The van der Waals surface area contributed by atoms with Crippen molar-refractivity contribution in [3.05, 3.63) is 29.8 Å². The molecule has 1 fully saturated rings. The van der Waals surface area contributed by atoms with Crippen molar-refractivity contribution in [2.75, 3.05) is 11.9 Å². The highest BCUT2D eigenvalue weighted by atomic mass is 16.3. The van der Waals surface area contributed by atoms with Crippen LogP contribution in [0, 0.1) is 5.92 Å². The average molecular weight is 261 g/mol. The summed E-state index contributed by atoms with van der Waals surface area (Å²) >= 11 is 0. The Hall–Kier alpha value is -1.02. The fourth-order valence-corrected chi connectivity index (χ4v) is 2.95. The van der Waals surface area contributed by atoms with Gasteiger partial charge in [0.05, 0.1) is 6.10 Å². The van der Waals surface area contributed by atoms with Gasteiger partial charge in [-0.05, 0) is 42.9 Å². The van der Waals surface area contributed by atoms with Crippen LogP contribution in [0.15, 0.2) is 24.3 Å². The van der Waals surface area contributed by atoms with E-state index in [1.54, 1.807) is 0 Å². The number of aliphatic hydroxyl groups is 1. The van der Waals surface area contributed by atoms with Gasteiger partial charge in [0.25, 0.3) is 0 Å². The lowest BCUT2D eigenvalue weighted by Crippen LogP contribution is -2.17. The summed E-state index contributed by atoms with van der Waals surface area (Å²) in [5.74, 6) is 0.831. The topological polar surface area (TPSA) is 32.3 Å². The third-order valence-electron chi connectivity index (χ3n) is 4.15. The van der Waals surface area contributed by atoms with Crippen LogP contribution in [-0.4, -0.2) is 11.7 Å². The summed E-state index contributed by atoms with van der Waals surface area (Å²) in [4.78, 5) is 0. The maximum atomic E-state index is 10.0. The normalized spacial score (nSPS) is 18.2. The zero-order valence-electron chi connectivity index (χ0n) is 12.1. The summed E-state index contributed by atoms with van der Waals surface area (Å²) in [7, 11) is 0. The van der Waals surface area contributed by atoms with E-state index >= 15 is 0 Å². The maximum Gasteiger partial charge on any atom is 0.0790 e. The highest BCUT2D eigenvalue weighted by Gasteiger charge is 2.13. The number of nitrogens with one attached hydrogen (secondary N) is 1. The van der Waals surface area contributed by atoms with Crippen molar-refractivity contribution in [1.82, 2.24) is 0 Å². The van der Waals surface area contributed by atoms with Crippen molar-refractivity contribution >= 4 is 5.69 Å². The lowest BCUT2D eigenvalue weighted by molar-refractivity contribution is 0.166. The van der Waals surface area contributed by atoms with Gasteiger partial charge in [0.1, 0.15) is 0 Å². The largest absolute Gasteiger partial charge is 0.388 e. The molecule has 2 heteroatoms. The van der Waals surface area contributed by atoms with E-state index in [9.17, 15) is 5.11 Å². The minimum Gasteiger partial charge on any atom is -0.388 e. The Morgan fingerprint density at radius 1 is 1.26 bits per heavy atom. The van der Waals surface area contributed by atoms with Gasteiger partial charge in [0.15, 0.2) is 0 Å². The zero-order valence-corrected chi connectivity index (χ0v) is 12.1. The van der Waals surface area contributed by atoms with E-state index in [1.807, 2.05) is 12.1 Å². The number of rotatable bonds is 6. The lowest BCUT2D eigenvalue weighted by atomic mass is 9.89. The molecule has 1 unspecified atom stereocenters. The van der Waals surface area contributed by atoms with E-state index in [0.29, 0.717) is 0 Å². The first-order valence-electron chi connectivity index (χ1n) is 7.81. The predicted octanol–water partition coefficient (Wildman–Crippen LogP) is 4.51. The molecular weight excluding hydrogens is 234 g/mol. The Morgan fingerprint density at radius 2 is 2.05 bits per heavy atom. The fraction of sp³-hybridized carbons (Fsp3) is 0.647. The van der Waals surface area contributed by atoms with E-state index in [-0.39, 0.29) is 6.10 Å². The Kier molecular flexibility index (Phi) is 5.71. The van der Waals surface area contributed by atoms with Gasteiger partial charge in [0, 0.05) is 12.2 Å². The zero-order chi connectivity index (χ0) is 13.5. The Labute approximate surface area is 117 Å². The second kappa shape index (κ2) is 7.54. The van der Waals surface area contributed by atoms with Crippen LogP contribution in [0.2, 0.25) is 0 Å². The SMILES string of the molecule is CCCC(O)c1cccc(NCC2CCCCC2)c1. The molecule has 0 radical (unpaired) electrons. The first-order chi connectivity index (χ1) is 9.29. The molecule has 0 heterocycles. The van der Waals surface area contributed by atoms with Gasteiger partial charge in [-0.3, -0.25) is 0 Å². The summed E-state index contributed by atoms with van der Waals surface area (Å²) in [6, 6.07) is 8.26. The number of hydrogen-bond donors (Lipinski definition) is 2. The van der Waals surface area contributed by atoms with Crippen LogP contribution in [0.25, 0.3) is 0 Å². The molecule has 0 saturated heterocycles. The van der Waals surface area contributed by atoms with Gasteiger partial charge in [-0.2, -0.15) is 0 Å². The van der Waals surface area contributed by atoms with Crippen molar-refractivity contribution in [3.8, 4) is 0 Å². The van der Waals surface area contributed by atoms with Crippen LogP contribution in [0.5, 0.6) is 0 Å². The molecule has 0 bridgehead atoms. The van der Waals surface area contributed by atoms with E-state index in [1.165, 1.54) is 32.1 Å². The molecule has 2 N–H and O–H groups in total. The molecule has 1 atom stereocenters. The minimum absolute atomic E-state index is 0.318. The summed E-state index contributed by atoms with van der Waals surface area (Å²) in [6.45, 7) is 3.18. The summed E-state index contributed by atoms with van der Waals surface area (Å²) in [6.07, 6.45) is 8.46. The highest BCUT2D eigenvalue weighted by molar-refractivity contribution is 5.46. The van der Waals surface area contributed by atoms with Crippen LogP contribution in [0.3, 0.4) is 0 Å². The smallest absolute Gasteiger partial charge is 0.0790 e. The first-order valence-corrected chi connectivity index (χ1v) is 7.81. The average Bonchev–Trinajstić information content (AvgIpc) is 2.47. The summed E-state index contributed by atoms with van der Waals surface area (Å²) in [5, 5.41) is 13.6. The Balaban J connectivity index is 1.87. The summed E-state index contributed by atoms with van der Waals surface area (Å²) in [5.41, 5.74) is 2.19. The Morgan fingerprint density at radius 3 is 2.79 bits per heavy atom. The predicted molar refractivity (Wildman–Crippen MR) is 81.4 cm³/mol. The highest BCUT2D eigenvalue weighted by Crippen LogP contribution is 2.25. The molecule has 1 aliphatic rings. The van der Waals surface area contributed by atoms with Crippen LogP contribution in [0.4, 0.5) is 5.69 Å². The summed E-state index contributed by atoms with van der Waals surface area (Å²) < 4.78 is 0. The lowest BCUT2D eigenvalue weighted by Gasteiger charge is -2.22. The van der Waals surface area contributed by atoms with Crippen molar-refractivity contribution in [3.63, 3.8) is 0 Å². The second-order valence-corrected chi connectivity index (χ2v) is 5.81. The molecule has 0 amide bonds. The number of benzene rings is 1. The molecule has 0 aliphatic heterocycles. The van der Waals surface area contributed by atoms with Gasteiger partial charge in [-0.15, -0.1) is 0 Å². The van der Waals surface area contributed by atoms with Crippen LogP contribution < -0.4 is 5.32 Å². The molecule has 1 aliphatic carbocycles. The van der Waals surface area contributed by atoms with Gasteiger partial charge in [0.2, 0.25) is 0 Å². The van der Waals surface area contributed by atoms with Crippen LogP contribution >= 0.6 is 0 Å². The third kappa shape index (κ3) is 4.54. The monoisotopic (exact) mass is 261 g/mol. The quantitative estimate of drug-likeness (QED) is 0.789. The molecular formula is C17H27NO. The van der Waals surface area contributed by atoms with Crippen molar-refractivity contribution in [1.29, 1.82) is 0 Å². The molecule has 1 aromatic carbocycles. The minimum atomic E-state index is -0.318. The fourth-order valence-electron chi connectivity index (χ4n) is 2.95. The molecule has 19 heavy (non-hydrogen) atoms. The molecule has 0 aromatic heterocycles. The number of aliphatic hydroxyl groups excluding tert-OH is 1. The molecule has 0 spiro atoms. The number of hydrogen-bond acceptors (Lipinski definition) is 2.